The van der Waals surface area contributed by atoms with Crippen LogP contribution < -0.4 is 0 Å². The van der Waals surface area contributed by atoms with Crippen molar-refractivity contribution in [3.05, 3.63) is 29.6 Å². The summed E-state index contributed by atoms with van der Waals surface area (Å²) >= 11 is 0. The van der Waals surface area contributed by atoms with Gasteiger partial charge in [-0.3, -0.25) is 9.88 Å². The first-order valence-electron chi connectivity index (χ1n) is 7.59. The Hall–Kier alpha value is -0.930. The fourth-order valence-corrected chi connectivity index (χ4v) is 3.85. The van der Waals surface area contributed by atoms with E-state index in [0.717, 1.165) is 25.2 Å². The maximum Gasteiger partial charge on any atom is 0.0583 e. The lowest BCUT2D eigenvalue weighted by molar-refractivity contribution is 0.0714. The third-order valence-electron chi connectivity index (χ3n) is 4.75. The van der Waals surface area contributed by atoms with Gasteiger partial charge in [0.15, 0.2) is 0 Å². The summed E-state index contributed by atoms with van der Waals surface area (Å²) in [6.07, 6.45) is 5.82. The van der Waals surface area contributed by atoms with Crippen LogP contribution in [0.1, 0.15) is 43.5 Å². The number of hydrogen-bond acceptors (Lipinski definition) is 3. The minimum atomic E-state index is -0.0731. The topological polar surface area (TPSA) is 36.4 Å². The Kier molecular flexibility index (Phi) is 3.85. The zero-order chi connectivity index (χ0) is 13.2. The van der Waals surface area contributed by atoms with Gasteiger partial charge < -0.3 is 5.11 Å². The van der Waals surface area contributed by atoms with Crippen molar-refractivity contribution in [2.75, 3.05) is 6.54 Å². The second kappa shape index (κ2) is 5.59. The van der Waals surface area contributed by atoms with Crippen molar-refractivity contribution >= 4 is 0 Å². The number of aryl methyl sites for hydroxylation is 1. The molecular weight excluding hydrogens is 236 g/mol. The summed E-state index contributed by atoms with van der Waals surface area (Å²) in [6.45, 7) is 4.14. The normalized spacial score (nSPS) is 32.0. The van der Waals surface area contributed by atoms with Crippen LogP contribution in [0.25, 0.3) is 0 Å². The van der Waals surface area contributed by atoms with E-state index in [1.54, 1.807) is 0 Å². The molecule has 0 radical (unpaired) electrons. The molecule has 0 bridgehead atoms. The molecule has 0 aromatic carbocycles. The maximum absolute atomic E-state index is 10.1. The van der Waals surface area contributed by atoms with Crippen molar-refractivity contribution in [1.29, 1.82) is 0 Å². The Bertz CT molecular complexity index is 435. The van der Waals surface area contributed by atoms with E-state index in [0.29, 0.717) is 12.0 Å². The van der Waals surface area contributed by atoms with Crippen LogP contribution >= 0.6 is 0 Å². The minimum Gasteiger partial charge on any atom is -0.393 e. The van der Waals surface area contributed by atoms with Gasteiger partial charge in [-0.05, 0) is 51.3 Å². The molecule has 2 heterocycles. The summed E-state index contributed by atoms with van der Waals surface area (Å²) in [7, 11) is 0. The van der Waals surface area contributed by atoms with E-state index in [1.165, 1.54) is 31.4 Å². The van der Waals surface area contributed by atoms with Crippen LogP contribution in [0.2, 0.25) is 0 Å². The summed E-state index contributed by atoms with van der Waals surface area (Å²) in [4.78, 5) is 7.16. The first-order chi connectivity index (χ1) is 9.24. The molecular formula is C16H24N2O. The predicted molar refractivity (Wildman–Crippen MR) is 75.8 cm³/mol. The fraction of sp³-hybridized carbons (Fsp3) is 0.688. The Labute approximate surface area is 115 Å². The van der Waals surface area contributed by atoms with E-state index in [2.05, 4.69) is 22.0 Å². The number of rotatable bonds is 3. The molecule has 1 aromatic heterocycles. The van der Waals surface area contributed by atoms with E-state index in [4.69, 9.17) is 0 Å². The second-order valence-corrected chi connectivity index (χ2v) is 6.11. The number of aromatic nitrogens is 1. The largest absolute Gasteiger partial charge is 0.393 e. The third kappa shape index (κ3) is 2.82. The molecule has 1 saturated carbocycles. The van der Waals surface area contributed by atoms with Gasteiger partial charge in [0.25, 0.3) is 0 Å². The lowest BCUT2D eigenvalue weighted by atomic mass is 9.94. The van der Waals surface area contributed by atoms with Crippen molar-refractivity contribution in [3.8, 4) is 0 Å². The number of hydrogen-bond donors (Lipinski definition) is 1. The summed E-state index contributed by atoms with van der Waals surface area (Å²) in [5.74, 6) is 0.493. The average molecular weight is 260 g/mol. The molecule has 19 heavy (non-hydrogen) atoms. The van der Waals surface area contributed by atoms with Crippen LogP contribution in [0.15, 0.2) is 18.2 Å². The van der Waals surface area contributed by atoms with Gasteiger partial charge in [0, 0.05) is 24.2 Å². The molecule has 2 fully saturated rings. The molecule has 3 nitrogen and oxygen atoms in total. The molecule has 1 aromatic rings. The van der Waals surface area contributed by atoms with E-state index < -0.39 is 0 Å². The summed E-state index contributed by atoms with van der Waals surface area (Å²) in [5.41, 5.74) is 2.26. The van der Waals surface area contributed by atoms with Gasteiger partial charge in [-0.2, -0.15) is 0 Å². The highest BCUT2D eigenvalue weighted by molar-refractivity contribution is 5.10. The van der Waals surface area contributed by atoms with Crippen molar-refractivity contribution in [3.63, 3.8) is 0 Å². The molecule has 1 aliphatic carbocycles. The molecule has 1 N–H and O–H groups in total. The first-order valence-corrected chi connectivity index (χ1v) is 7.59. The molecule has 3 rings (SSSR count). The van der Waals surface area contributed by atoms with Crippen LogP contribution in [0.4, 0.5) is 0 Å². The smallest absolute Gasteiger partial charge is 0.0583 e. The van der Waals surface area contributed by atoms with E-state index in [-0.39, 0.29) is 6.10 Å². The fourth-order valence-electron chi connectivity index (χ4n) is 3.85. The van der Waals surface area contributed by atoms with E-state index >= 15 is 0 Å². The maximum atomic E-state index is 10.1. The zero-order valence-electron chi connectivity index (χ0n) is 11.8. The number of aliphatic hydroxyl groups is 1. The van der Waals surface area contributed by atoms with E-state index in [9.17, 15) is 5.11 Å². The van der Waals surface area contributed by atoms with Crippen molar-refractivity contribution in [1.82, 2.24) is 9.88 Å². The average Bonchev–Trinajstić information content (AvgIpc) is 2.98. The molecule has 1 aliphatic heterocycles. The predicted octanol–water partition coefficient (Wildman–Crippen LogP) is 2.52. The lowest BCUT2D eigenvalue weighted by Crippen LogP contribution is -2.38. The van der Waals surface area contributed by atoms with Gasteiger partial charge in [0.1, 0.15) is 0 Å². The number of likely N-dealkylation sites (tertiary alicyclic amines) is 1. The van der Waals surface area contributed by atoms with Gasteiger partial charge >= 0.3 is 0 Å². The Morgan fingerprint density at radius 2 is 2.16 bits per heavy atom. The Morgan fingerprint density at radius 1 is 1.26 bits per heavy atom. The molecule has 3 unspecified atom stereocenters. The second-order valence-electron chi connectivity index (χ2n) is 6.11. The highest BCUT2D eigenvalue weighted by atomic mass is 16.3. The number of aliphatic hydroxyl groups excluding tert-OH is 1. The summed E-state index contributed by atoms with van der Waals surface area (Å²) in [5, 5.41) is 10.1. The van der Waals surface area contributed by atoms with Gasteiger partial charge in [-0.25, -0.2) is 0 Å². The standard InChI is InChI=1S/C16H24N2O/c1-12-5-2-6-13(17-12)11-18-10-4-8-15(18)14-7-3-9-16(14)19/h2,5-6,14-16,19H,3-4,7-11H2,1H3. The summed E-state index contributed by atoms with van der Waals surface area (Å²) in [6, 6.07) is 6.83. The zero-order valence-corrected chi connectivity index (χ0v) is 11.8. The van der Waals surface area contributed by atoms with Gasteiger partial charge in [-0.15, -0.1) is 0 Å². The molecule has 0 amide bonds. The molecule has 3 atom stereocenters. The first kappa shape index (κ1) is 13.1. The monoisotopic (exact) mass is 260 g/mol. The molecule has 104 valence electrons. The highest BCUT2D eigenvalue weighted by Gasteiger charge is 2.38. The molecule has 3 heteroatoms. The molecule has 1 saturated heterocycles. The minimum absolute atomic E-state index is 0.0731. The van der Waals surface area contributed by atoms with Crippen molar-refractivity contribution in [2.24, 2.45) is 5.92 Å². The van der Waals surface area contributed by atoms with Crippen LogP contribution in [-0.4, -0.2) is 33.7 Å². The Morgan fingerprint density at radius 3 is 2.89 bits per heavy atom. The van der Waals surface area contributed by atoms with Crippen LogP contribution in [-0.2, 0) is 6.54 Å². The number of nitrogens with zero attached hydrogens (tertiary/aromatic N) is 2. The van der Waals surface area contributed by atoms with Crippen molar-refractivity contribution in [2.45, 2.75) is 57.7 Å². The highest BCUT2D eigenvalue weighted by Crippen LogP contribution is 2.36. The molecule has 2 aliphatic rings. The quantitative estimate of drug-likeness (QED) is 0.907. The SMILES string of the molecule is Cc1cccc(CN2CCCC2C2CCCC2O)n1. The van der Waals surface area contributed by atoms with Crippen LogP contribution in [0.5, 0.6) is 0 Å². The lowest BCUT2D eigenvalue weighted by Gasteiger charge is -2.31. The van der Waals surface area contributed by atoms with Gasteiger partial charge in [0.2, 0.25) is 0 Å². The van der Waals surface area contributed by atoms with Crippen LogP contribution in [0, 0.1) is 12.8 Å². The van der Waals surface area contributed by atoms with Gasteiger partial charge in [0.05, 0.1) is 11.8 Å². The van der Waals surface area contributed by atoms with Crippen LogP contribution in [0.3, 0.4) is 0 Å². The Balaban J connectivity index is 1.69. The van der Waals surface area contributed by atoms with Crippen molar-refractivity contribution < 1.29 is 5.11 Å². The third-order valence-corrected chi connectivity index (χ3v) is 4.75. The van der Waals surface area contributed by atoms with Gasteiger partial charge in [-0.1, -0.05) is 12.5 Å². The number of pyridine rings is 1. The summed E-state index contributed by atoms with van der Waals surface area (Å²) < 4.78 is 0. The molecule has 0 spiro atoms. The van der Waals surface area contributed by atoms with E-state index in [1.807, 2.05) is 13.0 Å².